The lowest BCUT2D eigenvalue weighted by Gasteiger charge is -2.63. The maximum atomic E-state index is 14.5. The third-order valence-corrected chi connectivity index (χ3v) is 12.1. The molecule has 0 radical (unpaired) electrons. The number of hydrogen-bond acceptors (Lipinski definition) is 7. The number of amides is 1. The number of fused-ring (bicyclic) bond motifs is 4. The smallest absolute Gasteiger partial charge is 0.394 e. The number of benzene rings is 2. The van der Waals surface area contributed by atoms with Crippen molar-refractivity contribution in [1.82, 2.24) is 19.8 Å². The van der Waals surface area contributed by atoms with Crippen LogP contribution in [-0.4, -0.2) is 78.1 Å². The number of nitrogens with zero attached hydrogens (tertiary/aromatic N) is 4. The van der Waals surface area contributed by atoms with Gasteiger partial charge in [-0.2, -0.15) is 18.2 Å². The van der Waals surface area contributed by atoms with Crippen LogP contribution < -0.4 is 9.46 Å². The van der Waals surface area contributed by atoms with Gasteiger partial charge in [0.25, 0.3) is 15.9 Å². The summed E-state index contributed by atoms with van der Waals surface area (Å²) in [5.74, 6) is -0.756. The van der Waals surface area contributed by atoms with Gasteiger partial charge in [-0.3, -0.25) is 9.69 Å². The predicted octanol–water partition coefficient (Wildman–Crippen LogP) is 6.79. The average Bonchev–Trinajstić information content (AvgIpc) is 3.76. The van der Waals surface area contributed by atoms with E-state index in [1.807, 2.05) is 32.0 Å². The highest BCUT2D eigenvalue weighted by atomic mass is 35.5. The second-order valence-corrected chi connectivity index (χ2v) is 16.2. The molecule has 9 nitrogen and oxygen atoms in total. The molecule has 1 saturated heterocycles. The first-order valence-electron chi connectivity index (χ1n) is 16.4. The fraction of sp³-hybridized carbons (Fsp3) is 0.514. The normalized spacial score (nSPS) is 22.7. The maximum absolute atomic E-state index is 14.5. The van der Waals surface area contributed by atoms with Crippen LogP contribution in [0.1, 0.15) is 67.4 Å². The number of halogens is 4. The molecule has 2 saturated carbocycles. The summed E-state index contributed by atoms with van der Waals surface area (Å²) in [6.45, 7) is 9.57. The number of likely N-dealkylation sites (tertiary alicyclic amines) is 1. The van der Waals surface area contributed by atoms with E-state index in [-0.39, 0.29) is 72.0 Å². The standard InChI is InChI=1S/C35H40F3N5O4S.ClH/c1-21(2)42-19-33(20-42)15-25(16-33)43-26(17-34(11-12-34)35(36,37)38)18-47-29-14-28(30-22(3)7-5-8-23(30)4)39-32(40-29)41-48(45,46)27-10-6-9-24(13-27)31(43)44;/h5-10,13-14,21,25-26H,11-12,15-20H2,1-4H3,(H,39,40,41);1H/t26-;/m1./s1. The van der Waals surface area contributed by atoms with E-state index in [0.717, 1.165) is 29.8 Å². The number of hydrogen-bond donors (Lipinski definition) is 1. The number of rotatable bonds is 5. The van der Waals surface area contributed by atoms with Crippen molar-refractivity contribution in [2.45, 2.75) is 89.0 Å². The summed E-state index contributed by atoms with van der Waals surface area (Å²) in [5, 5.41) is 0. The van der Waals surface area contributed by atoms with Crippen molar-refractivity contribution >= 4 is 34.3 Å². The Morgan fingerprint density at radius 2 is 1.67 bits per heavy atom. The number of carbonyl (C=O) groups is 1. The van der Waals surface area contributed by atoms with Crippen molar-refractivity contribution in [3.63, 3.8) is 0 Å². The van der Waals surface area contributed by atoms with Crippen molar-refractivity contribution in [1.29, 1.82) is 0 Å². The molecule has 2 aliphatic heterocycles. The van der Waals surface area contributed by atoms with Gasteiger partial charge >= 0.3 is 6.18 Å². The summed E-state index contributed by atoms with van der Waals surface area (Å²) in [6.07, 6.45) is -3.47. The molecule has 3 aromatic rings. The first-order chi connectivity index (χ1) is 22.6. The van der Waals surface area contributed by atoms with Gasteiger partial charge < -0.3 is 9.64 Å². The van der Waals surface area contributed by atoms with Crippen LogP contribution in [-0.2, 0) is 10.0 Å². The number of aromatic nitrogens is 2. The minimum atomic E-state index is -4.44. The molecule has 14 heteroatoms. The zero-order valence-corrected chi connectivity index (χ0v) is 29.5. The van der Waals surface area contributed by atoms with Gasteiger partial charge in [-0.05, 0) is 94.5 Å². The van der Waals surface area contributed by atoms with Crippen molar-refractivity contribution < 1.29 is 31.1 Å². The fourth-order valence-corrected chi connectivity index (χ4v) is 8.83. The molecule has 2 aliphatic carbocycles. The molecule has 3 heterocycles. The monoisotopic (exact) mass is 719 g/mol. The van der Waals surface area contributed by atoms with E-state index < -0.39 is 33.6 Å². The van der Waals surface area contributed by atoms with Gasteiger partial charge in [0.05, 0.1) is 22.0 Å². The van der Waals surface area contributed by atoms with Crippen LogP contribution in [0.4, 0.5) is 19.1 Å². The van der Waals surface area contributed by atoms with E-state index in [1.54, 1.807) is 11.0 Å². The molecular formula is C35H41ClF3N5O4S. The number of alkyl halides is 3. The highest BCUT2D eigenvalue weighted by Gasteiger charge is 2.65. The van der Waals surface area contributed by atoms with Crippen molar-refractivity contribution in [3.8, 4) is 17.1 Å². The molecule has 3 fully saturated rings. The number of aryl methyl sites for hydroxylation is 2. The first kappa shape index (κ1) is 35.4. The van der Waals surface area contributed by atoms with Gasteiger partial charge in [-0.15, -0.1) is 12.4 Å². The van der Waals surface area contributed by atoms with Gasteiger partial charge in [0, 0.05) is 42.4 Å². The Labute approximate surface area is 291 Å². The average molecular weight is 720 g/mol. The van der Waals surface area contributed by atoms with Gasteiger partial charge in [0.2, 0.25) is 11.8 Å². The lowest BCUT2D eigenvalue weighted by molar-refractivity contribution is -0.195. The van der Waals surface area contributed by atoms with E-state index in [9.17, 15) is 26.4 Å². The third-order valence-electron chi connectivity index (χ3n) is 10.7. The second-order valence-electron chi connectivity index (χ2n) is 14.5. The van der Waals surface area contributed by atoms with Crippen LogP contribution in [0.15, 0.2) is 53.4 Å². The molecule has 2 aromatic carbocycles. The molecule has 264 valence electrons. The van der Waals surface area contributed by atoms with E-state index in [0.29, 0.717) is 24.6 Å². The number of carbonyl (C=O) groups excluding carboxylic acids is 1. The van der Waals surface area contributed by atoms with E-state index in [1.165, 1.54) is 24.3 Å². The Hall–Kier alpha value is -3.42. The molecule has 1 aromatic heterocycles. The highest BCUT2D eigenvalue weighted by Crippen LogP contribution is 2.61. The summed E-state index contributed by atoms with van der Waals surface area (Å²) in [4.78, 5) is 27.1. The molecule has 4 bridgehead atoms. The Balaban J connectivity index is 0.00000417. The van der Waals surface area contributed by atoms with Crippen LogP contribution in [0.5, 0.6) is 5.88 Å². The van der Waals surface area contributed by atoms with Crippen LogP contribution in [0.25, 0.3) is 11.3 Å². The number of ether oxygens (including phenoxy) is 1. The van der Waals surface area contributed by atoms with E-state index in [4.69, 9.17) is 4.74 Å². The van der Waals surface area contributed by atoms with Gasteiger partial charge in [0.1, 0.15) is 6.61 Å². The highest BCUT2D eigenvalue weighted by molar-refractivity contribution is 7.92. The van der Waals surface area contributed by atoms with Crippen LogP contribution in [0, 0.1) is 24.7 Å². The Morgan fingerprint density at radius 1 is 1.02 bits per heavy atom. The molecular weight excluding hydrogens is 679 g/mol. The second kappa shape index (κ2) is 12.4. The molecule has 1 N–H and O–H groups in total. The van der Waals surface area contributed by atoms with Crippen molar-refractivity contribution in [2.24, 2.45) is 10.8 Å². The zero-order chi connectivity index (χ0) is 34.2. The van der Waals surface area contributed by atoms with Gasteiger partial charge in [0.15, 0.2) is 0 Å². The predicted molar refractivity (Wildman–Crippen MR) is 181 cm³/mol. The molecule has 0 unspecified atom stereocenters. The SMILES string of the molecule is Cc1cccc(C)c1-c1cc2nc(n1)NS(=O)(=O)c1cccc(c1)C(=O)N(C1CC3(C1)CN(C(C)C)C3)[C@H](CC1(C(F)(F)F)CC1)CO2.Cl. The lowest BCUT2D eigenvalue weighted by atomic mass is 9.59. The van der Waals surface area contributed by atoms with E-state index in [2.05, 4.69) is 33.4 Å². The zero-order valence-electron chi connectivity index (χ0n) is 27.9. The van der Waals surface area contributed by atoms with Crippen LogP contribution in [0.3, 0.4) is 0 Å². The summed E-state index contributed by atoms with van der Waals surface area (Å²) in [5.41, 5.74) is 1.13. The molecule has 49 heavy (non-hydrogen) atoms. The minimum Gasteiger partial charge on any atom is -0.475 e. The Kier molecular flexibility index (Phi) is 8.97. The molecule has 1 amide bonds. The summed E-state index contributed by atoms with van der Waals surface area (Å²) in [7, 11) is -4.27. The molecule has 7 rings (SSSR count). The lowest BCUT2D eigenvalue weighted by Crippen LogP contribution is -2.69. The van der Waals surface area contributed by atoms with Crippen molar-refractivity contribution in [3.05, 3.63) is 65.2 Å². The minimum absolute atomic E-state index is 0. The van der Waals surface area contributed by atoms with Crippen LogP contribution in [0.2, 0.25) is 0 Å². The molecule has 1 atom stereocenters. The molecule has 4 aliphatic rings. The van der Waals surface area contributed by atoms with Crippen LogP contribution >= 0.6 is 12.4 Å². The van der Waals surface area contributed by atoms with Gasteiger partial charge in [-0.1, -0.05) is 24.3 Å². The molecule has 1 spiro atoms. The van der Waals surface area contributed by atoms with E-state index >= 15 is 0 Å². The fourth-order valence-electron chi connectivity index (χ4n) is 7.85. The summed E-state index contributed by atoms with van der Waals surface area (Å²) in [6, 6.07) is 12.0. The number of anilines is 1. The Bertz CT molecular complexity index is 1850. The van der Waals surface area contributed by atoms with Crippen molar-refractivity contribution in [2.75, 3.05) is 24.4 Å². The summed E-state index contributed by atoms with van der Waals surface area (Å²) >= 11 is 0. The quantitative estimate of drug-likeness (QED) is 0.310. The number of nitrogens with one attached hydrogen (secondary N) is 1. The maximum Gasteiger partial charge on any atom is 0.394 e. The first-order valence-corrected chi connectivity index (χ1v) is 17.9. The topological polar surface area (TPSA) is 105 Å². The summed E-state index contributed by atoms with van der Waals surface area (Å²) < 4.78 is 79.4. The Morgan fingerprint density at radius 3 is 2.29 bits per heavy atom. The van der Waals surface area contributed by atoms with Gasteiger partial charge in [-0.25, -0.2) is 18.1 Å². The third kappa shape index (κ3) is 6.49. The largest absolute Gasteiger partial charge is 0.475 e. The number of sulfonamides is 1.